The molecule has 0 bridgehead atoms. The van der Waals surface area contributed by atoms with Crippen LogP contribution in [0.4, 0.5) is 0 Å². The first-order valence-corrected chi connectivity index (χ1v) is 11.4. The van der Waals surface area contributed by atoms with Crippen LogP contribution in [-0.2, 0) is 9.78 Å². The molecule has 1 aromatic carbocycles. The third-order valence-corrected chi connectivity index (χ3v) is 7.68. The predicted molar refractivity (Wildman–Crippen MR) is 95.7 cm³/mol. The van der Waals surface area contributed by atoms with Crippen molar-refractivity contribution < 1.29 is 14.6 Å². The van der Waals surface area contributed by atoms with Crippen molar-refractivity contribution in [1.29, 1.82) is 0 Å². The average Bonchev–Trinajstić information content (AvgIpc) is 2.54. The highest BCUT2D eigenvalue weighted by Crippen LogP contribution is 2.37. The lowest BCUT2D eigenvalue weighted by Gasteiger charge is -2.31. The topological polar surface area (TPSA) is 35.5 Å². The van der Waals surface area contributed by atoms with Crippen molar-refractivity contribution in [3.63, 3.8) is 0 Å². The number of carbonyl (C=O) groups excluding carboxylic acids is 1. The molecule has 1 aliphatic carbocycles. The average molecular weight is 332 g/mol. The van der Waals surface area contributed by atoms with Crippen molar-refractivity contribution in [3.8, 4) is 0 Å². The largest absolute Gasteiger partial charge is 0.373 e. The van der Waals surface area contributed by atoms with E-state index in [-0.39, 0.29) is 0 Å². The molecule has 0 aliphatic heterocycles. The van der Waals surface area contributed by atoms with Crippen LogP contribution in [0.25, 0.3) is 0 Å². The van der Waals surface area contributed by atoms with E-state index in [1.165, 1.54) is 11.6 Å². The monoisotopic (exact) mass is 331 g/mol. The first-order chi connectivity index (χ1) is 10.8. The highest BCUT2D eigenvalue weighted by Gasteiger charge is 2.32. The SMILES string of the molecule is C=C[Si](C)(C)c1ccc(C(=O)OO[C]2C(C)CCCC2C)cc1. The Morgan fingerprint density at radius 3 is 2.26 bits per heavy atom. The highest BCUT2D eigenvalue weighted by atomic mass is 28.3. The second-order valence-electron chi connectivity index (χ2n) is 7.09. The van der Waals surface area contributed by atoms with Gasteiger partial charge in [-0.1, -0.05) is 56.4 Å². The quantitative estimate of drug-likeness (QED) is 0.456. The molecule has 3 nitrogen and oxygen atoms in total. The molecule has 1 aliphatic rings. The molecular weight excluding hydrogens is 304 g/mol. The molecule has 125 valence electrons. The number of benzene rings is 1. The zero-order valence-corrected chi connectivity index (χ0v) is 15.6. The van der Waals surface area contributed by atoms with E-state index in [0.29, 0.717) is 17.4 Å². The molecule has 1 saturated carbocycles. The molecule has 0 amide bonds. The van der Waals surface area contributed by atoms with Crippen molar-refractivity contribution in [2.24, 2.45) is 11.8 Å². The molecule has 23 heavy (non-hydrogen) atoms. The van der Waals surface area contributed by atoms with Crippen LogP contribution in [0.2, 0.25) is 13.1 Å². The van der Waals surface area contributed by atoms with Crippen LogP contribution in [0.3, 0.4) is 0 Å². The minimum Gasteiger partial charge on any atom is -0.292 e. The lowest BCUT2D eigenvalue weighted by Crippen LogP contribution is -2.39. The predicted octanol–water partition coefficient (Wildman–Crippen LogP) is 4.40. The fourth-order valence-corrected chi connectivity index (χ4v) is 4.21. The number of carbonyl (C=O) groups is 1. The van der Waals surface area contributed by atoms with E-state index in [0.717, 1.165) is 18.9 Å². The summed E-state index contributed by atoms with van der Waals surface area (Å²) in [6.07, 6.45) is 4.27. The summed E-state index contributed by atoms with van der Waals surface area (Å²) in [7, 11) is -1.60. The fraction of sp³-hybridized carbons (Fsp3) is 0.474. The van der Waals surface area contributed by atoms with Crippen LogP contribution in [0.1, 0.15) is 43.5 Å². The van der Waals surface area contributed by atoms with Gasteiger partial charge in [0.15, 0.2) is 6.10 Å². The zero-order chi connectivity index (χ0) is 17.0. The summed E-state index contributed by atoms with van der Waals surface area (Å²) in [5.41, 5.74) is 2.55. The normalized spacial score (nSPS) is 22.6. The molecule has 0 heterocycles. The molecule has 2 rings (SSSR count). The van der Waals surface area contributed by atoms with Crippen molar-refractivity contribution in [1.82, 2.24) is 0 Å². The van der Waals surface area contributed by atoms with Crippen LogP contribution in [0.15, 0.2) is 36.5 Å². The van der Waals surface area contributed by atoms with Gasteiger partial charge in [0.1, 0.15) is 8.07 Å². The van der Waals surface area contributed by atoms with Gasteiger partial charge in [0, 0.05) is 0 Å². The third-order valence-electron chi connectivity index (χ3n) is 4.83. The molecule has 0 N–H and O–H groups in total. The Morgan fingerprint density at radius 2 is 1.74 bits per heavy atom. The van der Waals surface area contributed by atoms with Crippen molar-refractivity contribution >= 4 is 19.2 Å². The maximum Gasteiger partial charge on any atom is 0.373 e. The Bertz CT molecular complexity index is 540. The Hall–Kier alpha value is -1.39. The van der Waals surface area contributed by atoms with Gasteiger partial charge in [0.05, 0.1) is 5.56 Å². The Kier molecular flexibility index (Phi) is 5.82. The summed E-state index contributed by atoms with van der Waals surface area (Å²) in [6.45, 7) is 12.6. The molecule has 2 unspecified atom stereocenters. The van der Waals surface area contributed by atoms with Gasteiger partial charge in [-0.2, -0.15) is 4.89 Å². The Morgan fingerprint density at radius 1 is 1.17 bits per heavy atom. The van der Waals surface area contributed by atoms with Gasteiger partial charge in [-0.25, -0.2) is 4.79 Å². The fourth-order valence-electron chi connectivity index (χ4n) is 2.95. The molecule has 0 aromatic heterocycles. The highest BCUT2D eigenvalue weighted by molar-refractivity contribution is 6.93. The lowest BCUT2D eigenvalue weighted by molar-refractivity contribution is -0.253. The summed E-state index contributed by atoms with van der Waals surface area (Å²) in [4.78, 5) is 22.6. The van der Waals surface area contributed by atoms with Crippen molar-refractivity contribution in [2.75, 3.05) is 0 Å². The van der Waals surface area contributed by atoms with Gasteiger partial charge in [-0.15, -0.1) is 6.58 Å². The van der Waals surface area contributed by atoms with Gasteiger partial charge in [-0.3, -0.25) is 4.89 Å². The number of rotatable bonds is 5. The van der Waals surface area contributed by atoms with Gasteiger partial charge in [0.2, 0.25) is 0 Å². The molecule has 1 fully saturated rings. The number of hydrogen-bond donors (Lipinski definition) is 0. The van der Waals surface area contributed by atoms with E-state index in [9.17, 15) is 4.79 Å². The van der Waals surface area contributed by atoms with Gasteiger partial charge >= 0.3 is 5.97 Å². The molecule has 0 spiro atoms. The maximum absolute atomic E-state index is 12.2. The van der Waals surface area contributed by atoms with Gasteiger partial charge in [-0.05, 0) is 36.8 Å². The van der Waals surface area contributed by atoms with E-state index in [1.807, 2.05) is 17.8 Å². The summed E-state index contributed by atoms with van der Waals surface area (Å²) < 4.78 is 0. The van der Waals surface area contributed by atoms with Gasteiger partial charge < -0.3 is 0 Å². The summed E-state index contributed by atoms with van der Waals surface area (Å²) in [5.74, 6) is 0.244. The molecule has 0 saturated heterocycles. The van der Waals surface area contributed by atoms with E-state index in [1.54, 1.807) is 12.1 Å². The first kappa shape index (κ1) is 18.0. The second kappa shape index (κ2) is 7.45. The Labute approximate surface area is 140 Å². The molecule has 2 atom stereocenters. The molecular formula is C19H27O3Si. The molecule has 1 radical (unpaired) electrons. The van der Waals surface area contributed by atoms with E-state index >= 15 is 0 Å². The smallest absolute Gasteiger partial charge is 0.292 e. The van der Waals surface area contributed by atoms with Crippen LogP contribution >= 0.6 is 0 Å². The first-order valence-electron chi connectivity index (χ1n) is 8.35. The van der Waals surface area contributed by atoms with E-state index in [2.05, 4.69) is 33.5 Å². The van der Waals surface area contributed by atoms with Crippen LogP contribution in [-0.4, -0.2) is 14.0 Å². The number of hydrogen-bond acceptors (Lipinski definition) is 3. The molecule has 4 heteroatoms. The summed E-state index contributed by atoms with van der Waals surface area (Å²) in [5, 5.41) is 1.24. The minimum atomic E-state index is -1.60. The lowest BCUT2D eigenvalue weighted by atomic mass is 9.81. The third kappa shape index (κ3) is 4.33. The van der Waals surface area contributed by atoms with Gasteiger partial charge in [0.25, 0.3) is 0 Å². The standard InChI is InChI=1S/C19H27O3Si/c1-6-23(4,5)17-12-10-16(11-13-17)19(20)22-21-18-14(2)8-7-9-15(18)3/h6,10-15H,1,7-9H2,2-5H3. The van der Waals surface area contributed by atoms with Crippen molar-refractivity contribution in [3.05, 3.63) is 48.2 Å². The summed E-state index contributed by atoms with van der Waals surface area (Å²) in [6, 6.07) is 7.59. The van der Waals surface area contributed by atoms with E-state index < -0.39 is 14.0 Å². The molecule has 1 aromatic rings. The van der Waals surface area contributed by atoms with Crippen LogP contribution in [0, 0.1) is 17.9 Å². The van der Waals surface area contributed by atoms with Crippen molar-refractivity contribution in [2.45, 2.75) is 46.2 Å². The Balaban J connectivity index is 1.97. The summed E-state index contributed by atoms with van der Waals surface area (Å²) >= 11 is 0. The van der Waals surface area contributed by atoms with E-state index in [4.69, 9.17) is 9.78 Å². The zero-order valence-electron chi connectivity index (χ0n) is 14.6. The second-order valence-corrected chi connectivity index (χ2v) is 11.5. The van der Waals surface area contributed by atoms with Crippen LogP contribution < -0.4 is 5.19 Å². The minimum absolute atomic E-state index is 0.341. The maximum atomic E-state index is 12.2. The van der Waals surface area contributed by atoms with Crippen LogP contribution in [0.5, 0.6) is 0 Å².